The molecule has 1 unspecified atom stereocenters. The summed E-state index contributed by atoms with van der Waals surface area (Å²) in [4.78, 5) is 18.5. The van der Waals surface area contributed by atoms with E-state index >= 15 is 0 Å². The number of benzene rings is 2. The van der Waals surface area contributed by atoms with Gasteiger partial charge in [0, 0.05) is 12.6 Å². The van der Waals surface area contributed by atoms with Gasteiger partial charge in [0.2, 0.25) is 0 Å². The maximum absolute atomic E-state index is 12.9. The molecule has 1 atom stereocenters. The first-order valence-corrected chi connectivity index (χ1v) is 9.99. The molecule has 0 bridgehead atoms. The van der Waals surface area contributed by atoms with Gasteiger partial charge >= 0.3 is 12.2 Å². The average molecular weight is 429 g/mol. The molecule has 1 N–H and O–H groups in total. The number of carbonyl (C=O) groups excluding carboxylic acids is 1. The highest BCUT2D eigenvalue weighted by Crippen LogP contribution is 2.31. The summed E-state index contributed by atoms with van der Waals surface area (Å²) in [6.07, 6.45) is 0.490. The van der Waals surface area contributed by atoms with E-state index in [2.05, 4.69) is 15.4 Å². The molecule has 1 aliphatic carbocycles. The minimum atomic E-state index is -4.37. The Morgan fingerprint density at radius 3 is 2.39 bits per heavy atom. The molecular formula is C22H22F3N5O. The highest BCUT2D eigenvalue weighted by molar-refractivity contribution is 5.75. The molecule has 31 heavy (non-hydrogen) atoms. The molecule has 1 aromatic heterocycles. The van der Waals surface area contributed by atoms with Gasteiger partial charge in [-0.05, 0) is 55.2 Å². The van der Waals surface area contributed by atoms with Crippen molar-refractivity contribution in [3.8, 4) is 5.69 Å². The van der Waals surface area contributed by atoms with Crippen molar-refractivity contribution in [2.24, 2.45) is 0 Å². The number of aromatic nitrogens is 3. The summed E-state index contributed by atoms with van der Waals surface area (Å²) in [5, 5.41) is 7.08. The molecule has 3 aromatic rings. The van der Waals surface area contributed by atoms with E-state index < -0.39 is 11.7 Å². The quantitative estimate of drug-likeness (QED) is 0.617. The van der Waals surface area contributed by atoms with Crippen molar-refractivity contribution in [1.82, 2.24) is 25.0 Å². The van der Waals surface area contributed by atoms with E-state index in [1.165, 1.54) is 18.5 Å². The van der Waals surface area contributed by atoms with E-state index in [-0.39, 0.29) is 24.7 Å². The van der Waals surface area contributed by atoms with Crippen molar-refractivity contribution in [1.29, 1.82) is 0 Å². The molecule has 2 aromatic carbocycles. The molecule has 1 saturated carbocycles. The molecule has 1 fully saturated rings. The number of hydrogen-bond donors (Lipinski definition) is 1. The normalized spacial score (nSPS) is 14.8. The van der Waals surface area contributed by atoms with E-state index in [4.69, 9.17) is 0 Å². The summed E-state index contributed by atoms with van der Waals surface area (Å²) in [5.74, 6) is 0. The standard InChI is InChI=1S/C22H22F3N5O/c1-15(17-4-8-20(9-5-17)30-14-26-13-27-30)28-21(31)29(19-10-11-19)12-16-2-6-18(7-3-16)22(23,24)25/h2-9,13-15,19H,10-12H2,1H3,(H,28,31). The molecule has 4 rings (SSSR count). The predicted octanol–water partition coefficient (Wildman–Crippen LogP) is 4.72. The Balaban J connectivity index is 1.40. The van der Waals surface area contributed by atoms with Gasteiger partial charge in [0.1, 0.15) is 12.7 Å². The molecule has 1 heterocycles. The number of nitrogens with zero attached hydrogens (tertiary/aromatic N) is 4. The minimum Gasteiger partial charge on any atom is -0.331 e. The first kappa shape index (κ1) is 20.9. The molecule has 2 amide bonds. The lowest BCUT2D eigenvalue weighted by Gasteiger charge is -2.25. The van der Waals surface area contributed by atoms with Crippen LogP contribution in [-0.2, 0) is 12.7 Å². The van der Waals surface area contributed by atoms with E-state index in [1.807, 2.05) is 31.2 Å². The van der Waals surface area contributed by atoms with Crippen LogP contribution < -0.4 is 5.32 Å². The topological polar surface area (TPSA) is 63.1 Å². The number of amides is 2. The van der Waals surface area contributed by atoms with Crippen LogP contribution in [0.15, 0.2) is 61.2 Å². The van der Waals surface area contributed by atoms with Gasteiger partial charge in [-0.15, -0.1) is 0 Å². The summed E-state index contributed by atoms with van der Waals surface area (Å²) < 4.78 is 40.0. The second kappa shape index (κ2) is 8.41. The van der Waals surface area contributed by atoms with Crippen LogP contribution in [0, 0.1) is 0 Å². The van der Waals surface area contributed by atoms with Gasteiger partial charge in [0.05, 0.1) is 17.3 Å². The first-order chi connectivity index (χ1) is 14.8. The van der Waals surface area contributed by atoms with Crippen LogP contribution in [0.1, 0.15) is 42.5 Å². The van der Waals surface area contributed by atoms with Gasteiger partial charge < -0.3 is 10.2 Å². The third-order valence-electron chi connectivity index (χ3n) is 5.30. The van der Waals surface area contributed by atoms with Gasteiger partial charge in [0.15, 0.2) is 0 Å². The lowest BCUT2D eigenvalue weighted by atomic mass is 10.1. The number of urea groups is 1. The highest BCUT2D eigenvalue weighted by Gasteiger charge is 2.34. The van der Waals surface area contributed by atoms with Crippen molar-refractivity contribution in [2.45, 2.75) is 44.6 Å². The van der Waals surface area contributed by atoms with E-state index in [1.54, 1.807) is 15.9 Å². The largest absolute Gasteiger partial charge is 0.416 e. The molecule has 9 heteroatoms. The number of hydrogen-bond acceptors (Lipinski definition) is 3. The third kappa shape index (κ3) is 5.04. The average Bonchev–Trinajstić information content (AvgIpc) is 3.44. The maximum atomic E-state index is 12.9. The lowest BCUT2D eigenvalue weighted by Crippen LogP contribution is -2.41. The summed E-state index contributed by atoms with van der Waals surface area (Å²) in [6.45, 7) is 2.16. The zero-order valence-corrected chi connectivity index (χ0v) is 16.9. The lowest BCUT2D eigenvalue weighted by molar-refractivity contribution is -0.137. The van der Waals surface area contributed by atoms with Crippen LogP contribution in [0.3, 0.4) is 0 Å². The molecule has 0 radical (unpaired) electrons. The molecular weight excluding hydrogens is 407 g/mol. The first-order valence-electron chi connectivity index (χ1n) is 9.99. The van der Waals surface area contributed by atoms with Crippen LogP contribution in [0.25, 0.3) is 5.69 Å². The van der Waals surface area contributed by atoms with Crippen molar-refractivity contribution in [3.63, 3.8) is 0 Å². The van der Waals surface area contributed by atoms with E-state index in [0.29, 0.717) is 5.56 Å². The van der Waals surface area contributed by atoms with Gasteiger partial charge in [-0.1, -0.05) is 24.3 Å². The molecule has 0 saturated heterocycles. The molecule has 0 aliphatic heterocycles. The Morgan fingerprint density at radius 1 is 1.16 bits per heavy atom. The van der Waals surface area contributed by atoms with Gasteiger partial charge in [0.25, 0.3) is 0 Å². The zero-order chi connectivity index (χ0) is 22.0. The number of halogens is 3. The Labute approximate surface area is 177 Å². The Kier molecular flexibility index (Phi) is 5.67. The molecule has 6 nitrogen and oxygen atoms in total. The monoisotopic (exact) mass is 429 g/mol. The van der Waals surface area contributed by atoms with Crippen molar-refractivity contribution >= 4 is 6.03 Å². The Hall–Kier alpha value is -3.36. The SMILES string of the molecule is CC(NC(=O)N(Cc1ccc(C(F)(F)F)cc1)C1CC1)c1ccc(-n2cncn2)cc1. The number of carbonyl (C=O) groups is 1. The number of alkyl halides is 3. The fourth-order valence-corrected chi connectivity index (χ4v) is 3.36. The van der Waals surface area contributed by atoms with Crippen molar-refractivity contribution in [3.05, 3.63) is 77.9 Å². The van der Waals surface area contributed by atoms with E-state index in [0.717, 1.165) is 36.2 Å². The van der Waals surface area contributed by atoms with Crippen LogP contribution >= 0.6 is 0 Å². The minimum absolute atomic E-state index is 0.115. The van der Waals surface area contributed by atoms with Gasteiger partial charge in [-0.3, -0.25) is 0 Å². The third-order valence-corrected chi connectivity index (χ3v) is 5.30. The van der Waals surface area contributed by atoms with Crippen molar-refractivity contribution < 1.29 is 18.0 Å². The van der Waals surface area contributed by atoms with Crippen LogP contribution in [-0.4, -0.2) is 31.7 Å². The summed E-state index contributed by atoms with van der Waals surface area (Å²) in [5.41, 5.74) is 1.77. The summed E-state index contributed by atoms with van der Waals surface area (Å²) >= 11 is 0. The van der Waals surface area contributed by atoms with Crippen LogP contribution in [0.4, 0.5) is 18.0 Å². The second-order valence-corrected chi connectivity index (χ2v) is 7.66. The van der Waals surface area contributed by atoms with Gasteiger partial charge in [-0.25, -0.2) is 14.5 Å². The Bertz CT molecular complexity index is 1010. The van der Waals surface area contributed by atoms with Crippen LogP contribution in [0.5, 0.6) is 0 Å². The fourth-order valence-electron chi connectivity index (χ4n) is 3.36. The second-order valence-electron chi connectivity index (χ2n) is 7.66. The van der Waals surface area contributed by atoms with E-state index in [9.17, 15) is 18.0 Å². The summed E-state index contributed by atoms with van der Waals surface area (Å²) in [6, 6.07) is 12.2. The number of rotatable bonds is 6. The van der Waals surface area contributed by atoms with Crippen molar-refractivity contribution in [2.75, 3.05) is 0 Å². The van der Waals surface area contributed by atoms with Crippen LogP contribution in [0.2, 0.25) is 0 Å². The molecule has 1 aliphatic rings. The predicted molar refractivity (Wildman–Crippen MR) is 108 cm³/mol. The molecule has 0 spiro atoms. The smallest absolute Gasteiger partial charge is 0.331 e. The maximum Gasteiger partial charge on any atom is 0.416 e. The zero-order valence-electron chi connectivity index (χ0n) is 16.9. The van der Waals surface area contributed by atoms with Gasteiger partial charge in [-0.2, -0.15) is 18.3 Å². The highest BCUT2D eigenvalue weighted by atomic mass is 19.4. The fraction of sp³-hybridized carbons (Fsp3) is 0.318. The Morgan fingerprint density at radius 2 is 1.84 bits per heavy atom. The summed E-state index contributed by atoms with van der Waals surface area (Å²) in [7, 11) is 0. The number of nitrogens with one attached hydrogen (secondary N) is 1. The molecule has 162 valence electrons.